The lowest BCUT2D eigenvalue weighted by molar-refractivity contribution is -0.137. The fraction of sp³-hybridized carbons (Fsp3) is 0.292. The van der Waals surface area contributed by atoms with Crippen LogP contribution < -0.4 is 21.3 Å². The number of benzene rings is 2. The van der Waals surface area contributed by atoms with E-state index >= 15 is 0 Å². The number of nitrogens with zero attached hydrogens (tertiary/aromatic N) is 3. The Balaban J connectivity index is 1.68. The van der Waals surface area contributed by atoms with Crippen molar-refractivity contribution in [3.8, 4) is 11.1 Å². The maximum atomic E-state index is 14.6. The van der Waals surface area contributed by atoms with Gasteiger partial charge >= 0.3 is 6.18 Å². The maximum absolute atomic E-state index is 14.6. The zero-order chi connectivity index (χ0) is 25.2. The Morgan fingerprint density at radius 1 is 1.11 bits per heavy atom. The predicted molar refractivity (Wildman–Crippen MR) is 126 cm³/mol. The number of anilines is 3. The molecule has 4 rings (SSSR count). The Hall–Kier alpha value is -3.73. The van der Waals surface area contributed by atoms with Crippen molar-refractivity contribution in [3.05, 3.63) is 65.7 Å². The SMILES string of the molecule is CN[C@H]1CCCN(c2ccc(C(F)(F)F)cc2NC(=O)c2cc(-c3cnc(N)nc3)ccc2F)C1. The van der Waals surface area contributed by atoms with Gasteiger partial charge in [-0.15, -0.1) is 0 Å². The monoisotopic (exact) mass is 488 g/mol. The largest absolute Gasteiger partial charge is 0.416 e. The molecule has 3 aromatic rings. The van der Waals surface area contributed by atoms with Crippen molar-refractivity contribution >= 4 is 23.2 Å². The minimum absolute atomic E-state index is 0.0396. The summed E-state index contributed by atoms with van der Waals surface area (Å²) in [7, 11) is 1.82. The molecule has 1 aliphatic rings. The van der Waals surface area contributed by atoms with E-state index in [2.05, 4.69) is 20.6 Å². The van der Waals surface area contributed by atoms with Gasteiger partial charge in [0.1, 0.15) is 5.82 Å². The summed E-state index contributed by atoms with van der Waals surface area (Å²) in [6, 6.07) is 7.21. The van der Waals surface area contributed by atoms with Gasteiger partial charge in [-0.2, -0.15) is 13.2 Å². The van der Waals surface area contributed by atoms with Crippen LogP contribution >= 0.6 is 0 Å². The van der Waals surface area contributed by atoms with Crippen LogP contribution in [0.3, 0.4) is 0 Å². The van der Waals surface area contributed by atoms with E-state index in [1.165, 1.54) is 30.6 Å². The summed E-state index contributed by atoms with van der Waals surface area (Å²) in [5.41, 5.74) is 5.61. The number of carbonyl (C=O) groups excluding carboxylic acids is 1. The number of hydrogen-bond acceptors (Lipinski definition) is 6. The highest BCUT2D eigenvalue weighted by molar-refractivity contribution is 6.06. The second-order valence-corrected chi connectivity index (χ2v) is 8.28. The second kappa shape index (κ2) is 9.87. The van der Waals surface area contributed by atoms with Crippen LogP contribution in [-0.2, 0) is 6.18 Å². The predicted octanol–water partition coefficient (Wildman–Crippen LogP) is 4.32. The van der Waals surface area contributed by atoms with E-state index in [4.69, 9.17) is 5.73 Å². The molecule has 0 spiro atoms. The van der Waals surface area contributed by atoms with Crippen LogP contribution in [0, 0.1) is 5.82 Å². The average molecular weight is 488 g/mol. The van der Waals surface area contributed by atoms with Crippen LogP contribution in [0.4, 0.5) is 34.9 Å². The van der Waals surface area contributed by atoms with Crippen molar-refractivity contribution in [3.63, 3.8) is 0 Å². The molecular weight excluding hydrogens is 464 g/mol. The zero-order valence-corrected chi connectivity index (χ0v) is 18.9. The first-order valence-corrected chi connectivity index (χ1v) is 11.0. The van der Waals surface area contributed by atoms with E-state index in [0.29, 0.717) is 29.9 Å². The number of aromatic nitrogens is 2. The fourth-order valence-corrected chi connectivity index (χ4v) is 4.08. The lowest BCUT2D eigenvalue weighted by Gasteiger charge is -2.35. The summed E-state index contributed by atoms with van der Waals surface area (Å²) < 4.78 is 54.9. The van der Waals surface area contributed by atoms with Crippen molar-refractivity contribution in [1.29, 1.82) is 0 Å². The lowest BCUT2D eigenvalue weighted by atomic mass is 10.0. The summed E-state index contributed by atoms with van der Waals surface area (Å²) in [5, 5.41) is 5.69. The van der Waals surface area contributed by atoms with Crippen molar-refractivity contribution < 1.29 is 22.4 Å². The van der Waals surface area contributed by atoms with E-state index in [1.54, 1.807) is 0 Å². The molecule has 1 saturated heterocycles. The molecule has 35 heavy (non-hydrogen) atoms. The molecule has 184 valence electrons. The van der Waals surface area contributed by atoms with E-state index in [0.717, 1.165) is 31.0 Å². The van der Waals surface area contributed by atoms with E-state index in [9.17, 15) is 22.4 Å². The normalized spacial score (nSPS) is 16.3. The third-order valence-electron chi connectivity index (χ3n) is 5.96. The van der Waals surface area contributed by atoms with E-state index < -0.39 is 23.5 Å². The highest BCUT2D eigenvalue weighted by atomic mass is 19.4. The van der Waals surface area contributed by atoms with E-state index in [-0.39, 0.29) is 23.2 Å². The molecule has 2 aromatic carbocycles. The van der Waals surface area contributed by atoms with Gasteiger partial charge in [-0.25, -0.2) is 14.4 Å². The van der Waals surface area contributed by atoms with Gasteiger partial charge in [0.05, 0.1) is 22.5 Å². The van der Waals surface area contributed by atoms with Gasteiger partial charge in [0.2, 0.25) is 5.95 Å². The number of halogens is 4. The summed E-state index contributed by atoms with van der Waals surface area (Å²) in [6.07, 6.45) is 0.0174. The Morgan fingerprint density at radius 2 is 1.86 bits per heavy atom. The first-order valence-electron chi connectivity index (χ1n) is 11.0. The number of carbonyl (C=O) groups is 1. The standard InChI is InChI=1S/C24H24F4N6O/c1-30-17-3-2-8-34(13-17)21-7-5-16(24(26,27)28)10-20(21)33-22(35)18-9-14(4-6-19(18)25)15-11-31-23(29)32-12-15/h4-7,9-12,17,30H,2-3,8,13H2,1H3,(H,33,35)(H2,29,31,32)/t17-/m0/s1. The van der Waals surface area contributed by atoms with Gasteiger partial charge in [-0.05, 0) is 55.8 Å². The fourth-order valence-electron chi connectivity index (χ4n) is 4.08. The number of likely N-dealkylation sites (N-methyl/N-ethyl adjacent to an activating group) is 1. The van der Waals surface area contributed by atoms with Crippen LogP contribution in [-0.4, -0.2) is 42.1 Å². The van der Waals surface area contributed by atoms with Gasteiger partial charge in [-0.3, -0.25) is 4.79 Å². The minimum Gasteiger partial charge on any atom is -0.368 e. The summed E-state index contributed by atoms with van der Waals surface area (Å²) in [5.74, 6) is -1.63. The molecular formula is C24H24F4N6O. The van der Waals surface area contributed by atoms with Crippen LogP contribution in [0.25, 0.3) is 11.1 Å². The Bertz CT molecular complexity index is 1220. The molecule has 2 heterocycles. The number of nitrogen functional groups attached to an aromatic ring is 1. The molecule has 0 saturated carbocycles. The molecule has 1 aliphatic heterocycles. The molecule has 0 radical (unpaired) electrons. The second-order valence-electron chi connectivity index (χ2n) is 8.28. The number of rotatable bonds is 5. The summed E-state index contributed by atoms with van der Waals surface area (Å²) >= 11 is 0. The van der Waals surface area contributed by atoms with Crippen LogP contribution in [0.2, 0.25) is 0 Å². The number of piperidine rings is 1. The van der Waals surface area contributed by atoms with Gasteiger partial charge in [0.15, 0.2) is 0 Å². The molecule has 4 N–H and O–H groups in total. The molecule has 0 unspecified atom stereocenters. The van der Waals surface area contributed by atoms with Gasteiger partial charge in [-0.1, -0.05) is 6.07 Å². The third kappa shape index (κ3) is 5.51. The zero-order valence-electron chi connectivity index (χ0n) is 18.9. The molecule has 1 fully saturated rings. The number of nitrogens with two attached hydrogens (primary N) is 1. The molecule has 0 bridgehead atoms. The first kappa shape index (κ1) is 24.4. The van der Waals surface area contributed by atoms with Crippen molar-refractivity contribution in [1.82, 2.24) is 15.3 Å². The van der Waals surface area contributed by atoms with Gasteiger partial charge < -0.3 is 21.3 Å². The van der Waals surface area contributed by atoms with E-state index in [1.807, 2.05) is 11.9 Å². The minimum atomic E-state index is -4.60. The highest BCUT2D eigenvalue weighted by Gasteiger charge is 2.32. The van der Waals surface area contributed by atoms with Crippen molar-refractivity contribution in [2.45, 2.75) is 25.1 Å². The number of amides is 1. The molecule has 1 aromatic heterocycles. The molecule has 0 aliphatic carbocycles. The van der Waals surface area contributed by atoms with Gasteiger partial charge in [0, 0.05) is 37.1 Å². The van der Waals surface area contributed by atoms with Crippen LogP contribution in [0.1, 0.15) is 28.8 Å². The molecule has 1 atom stereocenters. The number of alkyl halides is 3. The van der Waals surface area contributed by atoms with Crippen LogP contribution in [0.5, 0.6) is 0 Å². The number of hydrogen-bond donors (Lipinski definition) is 3. The van der Waals surface area contributed by atoms with Gasteiger partial charge in [0.25, 0.3) is 5.91 Å². The van der Waals surface area contributed by atoms with Crippen LogP contribution in [0.15, 0.2) is 48.8 Å². The maximum Gasteiger partial charge on any atom is 0.416 e. The molecule has 1 amide bonds. The van der Waals surface area contributed by atoms with Crippen molar-refractivity contribution in [2.75, 3.05) is 36.1 Å². The Morgan fingerprint density at radius 3 is 2.54 bits per heavy atom. The summed E-state index contributed by atoms with van der Waals surface area (Å²) in [4.78, 5) is 22.8. The quantitative estimate of drug-likeness (QED) is 0.463. The Kier molecular flexibility index (Phi) is 6.88. The topological polar surface area (TPSA) is 96.2 Å². The highest BCUT2D eigenvalue weighted by Crippen LogP contribution is 2.37. The average Bonchev–Trinajstić information content (AvgIpc) is 2.84. The molecule has 11 heteroatoms. The molecule has 7 nitrogen and oxygen atoms in total. The van der Waals surface area contributed by atoms with Crippen molar-refractivity contribution in [2.24, 2.45) is 0 Å². The Labute approximate surface area is 199 Å². The first-order chi connectivity index (χ1) is 16.7. The summed E-state index contributed by atoms with van der Waals surface area (Å²) in [6.45, 7) is 1.18. The number of nitrogens with one attached hydrogen (secondary N) is 2. The smallest absolute Gasteiger partial charge is 0.368 e. The lowest BCUT2D eigenvalue weighted by Crippen LogP contribution is -2.44. The third-order valence-corrected chi connectivity index (χ3v) is 5.96.